The average Bonchev–Trinajstić information content (AvgIpc) is 2.49. The van der Waals surface area contributed by atoms with Crippen molar-refractivity contribution in [1.29, 1.82) is 0 Å². The molecule has 0 spiro atoms. The first-order valence-electron chi connectivity index (χ1n) is 6.43. The molecule has 3 rings (SSSR count). The van der Waals surface area contributed by atoms with Gasteiger partial charge >= 0.3 is 0 Å². The van der Waals surface area contributed by atoms with E-state index in [1.54, 1.807) is 6.20 Å². The first-order chi connectivity index (χ1) is 9.74. The van der Waals surface area contributed by atoms with Crippen molar-refractivity contribution in [3.05, 3.63) is 65.1 Å². The lowest BCUT2D eigenvalue weighted by molar-refractivity contribution is 1.04. The first kappa shape index (κ1) is 12.9. The van der Waals surface area contributed by atoms with Crippen LogP contribution in [0, 0.1) is 6.92 Å². The number of nitrogens with one attached hydrogen (secondary N) is 1. The molecule has 100 valence electrons. The molecule has 0 unspecified atom stereocenters. The Morgan fingerprint density at radius 3 is 2.80 bits per heavy atom. The summed E-state index contributed by atoms with van der Waals surface area (Å²) in [5.74, 6) is 0. The summed E-state index contributed by atoms with van der Waals surface area (Å²) in [6.07, 6.45) is 3.64. The van der Waals surface area contributed by atoms with E-state index < -0.39 is 0 Å². The predicted molar refractivity (Wildman–Crippen MR) is 83.1 cm³/mol. The van der Waals surface area contributed by atoms with Crippen molar-refractivity contribution in [2.75, 3.05) is 5.32 Å². The van der Waals surface area contributed by atoms with E-state index in [0.717, 1.165) is 27.8 Å². The highest BCUT2D eigenvalue weighted by atomic mass is 35.5. The van der Waals surface area contributed by atoms with E-state index in [-0.39, 0.29) is 0 Å². The third-order valence-corrected chi connectivity index (χ3v) is 3.48. The lowest BCUT2D eigenvalue weighted by atomic mass is 10.2. The summed E-state index contributed by atoms with van der Waals surface area (Å²) in [6, 6.07) is 11.8. The van der Waals surface area contributed by atoms with Gasteiger partial charge in [-0.15, -0.1) is 0 Å². The second-order valence-corrected chi connectivity index (χ2v) is 5.08. The molecule has 2 heterocycles. The molecule has 0 aliphatic carbocycles. The third-order valence-electron chi connectivity index (χ3n) is 3.15. The molecule has 0 fully saturated rings. The lowest BCUT2D eigenvalue weighted by Crippen LogP contribution is -2.02. The molecule has 1 N–H and O–H groups in total. The van der Waals surface area contributed by atoms with Gasteiger partial charge in [0.25, 0.3) is 0 Å². The Hall–Kier alpha value is -2.13. The number of rotatable bonds is 3. The van der Waals surface area contributed by atoms with Crippen molar-refractivity contribution in [2.24, 2.45) is 0 Å². The van der Waals surface area contributed by atoms with E-state index in [9.17, 15) is 0 Å². The lowest BCUT2D eigenvalue weighted by Gasteiger charge is -2.09. The Kier molecular flexibility index (Phi) is 3.52. The minimum absolute atomic E-state index is 0.660. The number of aryl methyl sites for hydroxylation is 1. The van der Waals surface area contributed by atoms with Gasteiger partial charge in [-0.1, -0.05) is 17.7 Å². The standard InChI is InChI=1S/C16H14ClN3/c1-11-4-5-12(19-9-11)10-20-15-7-6-14(17)13-3-2-8-18-16(13)15/h2-9,20H,10H2,1H3. The van der Waals surface area contributed by atoms with Gasteiger partial charge in [-0.2, -0.15) is 0 Å². The molecule has 2 aromatic heterocycles. The van der Waals surface area contributed by atoms with Crippen LogP contribution < -0.4 is 5.32 Å². The van der Waals surface area contributed by atoms with E-state index in [0.29, 0.717) is 11.6 Å². The van der Waals surface area contributed by atoms with Gasteiger partial charge in [-0.25, -0.2) is 0 Å². The molecule has 0 aliphatic rings. The fourth-order valence-electron chi connectivity index (χ4n) is 2.07. The molecule has 0 amide bonds. The van der Waals surface area contributed by atoms with Crippen molar-refractivity contribution in [3.63, 3.8) is 0 Å². The molecule has 3 nitrogen and oxygen atoms in total. The number of hydrogen-bond donors (Lipinski definition) is 1. The van der Waals surface area contributed by atoms with Crippen molar-refractivity contribution >= 4 is 28.2 Å². The zero-order chi connectivity index (χ0) is 13.9. The highest BCUT2D eigenvalue weighted by Crippen LogP contribution is 2.28. The minimum atomic E-state index is 0.660. The molecule has 20 heavy (non-hydrogen) atoms. The molecular formula is C16H14ClN3. The third kappa shape index (κ3) is 2.58. The zero-order valence-electron chi connectivity index (χ0n) is 11.1. The van der Waals surface area contributed by atoms with Crippen LogP contribution >= 0.6 is 11.6 Å². The summed E-state index contributed by atoms with van der Waals surface area (Å²) in [6.45, 7) is 2.69. The van der Waals surface area contributed by atoms with Gasteiger partial charge in [0.2, 0.25) is 0 Å². The first-order valence-corrected chi connectivity index (χ1v) is 6.80. The Balaban J connectivity index is 1.88. The summed E-state index contributed by atoms with van der Waals surface area (Å²) in [5, 5.41) is 5.04. The molecule has 3 aromatic rings. The monoisotopic (exact) mass is 283 g/mol. The Bertz CT molecular complexity index is 738. The van der Waals surface area contributed by atoms with Gasteiger partial charge in [0.15, 0.2) is 0 Å². The van der Waals surface area contributed by atoms with Crippen LogP contribution in [0.25, 0.3) is 10.9 Å². The van der Waals surface area contributed by atoms with E-state index in [1.165, 1.54) is 0 Å². The number of anilines is 1. The summed E-state index contributed by atoms with van der Waals surface area (Å²) < 4.78 is 0. The van der Waals surface area contributed by atoms with E-state index in [1.807, 2.05) is 43.5 Å². The van der Waals surface area contributed by atoms with Gasteiger partial charge in [-0.3, -0.25) is 9.97 Å². The second kappa shape index (κ2) is 5.47. The molecule has 0 aliphatic heterocycles. The van der Waals surface area contributed by atoms with Crippen LogP contribution in [-0.4, -0.2) is 9.97 Å². The molecular weight excluding hydrogens is 270 g/mol. The van der Waals surface area contributed by atoms with E-state index in [4.69, 9.17) is 11.6 Å². The summed E-state index contributed by atoms with van der Waals surface area (Å²) in [5.41, 5.74) is 4.00. The smallest absolute Gasteiger partial charge is 0.0948 e. The number of fused-ring (bicyclic) bond motifs is 1. The van der Waals surface area contributed by atoms with Gasteiger partial charge in [-0.05, 0) is 42.8 Å². The molecule has 0 atom stereocenters. The van der Waals surface area contributed by atoms with Crippen LogP contribution in [0.5, 0.6) is 0 Å². The Morgan fingerprint density at radius 2 is 2.00 bits per heavy atom. The topological polar surface area (TPSA) is 37.8 Å². The fraction of sp³-hybridized carbons (Fsp3) is 0.125. The maximum Gasteiger partial charge on any atom is 0.0948 e. The second-order valence-electron chi connectivity index (χ2n) is 4.67. The number of benzene rings is 1. The quantitative estimate of drug-likeness (QED) is 0.783. The highest BCUT2D eigenvalue weighted by Gasteiger charge is 2.05. The largest absolute Gasteiger partial charge is 0.378 e. The Morgan fingerprint density at radius 1 is 1.10 bits per heavy atom. The highest BCUT2D eigenvalue weighted by molar-refractivity contribution is 6.35. The van der Waals surface area contributed by atoms with E-state index >= 15 is 0 Å². The van der Waals surface area contributed by atoms with Gasteiger partial charge < -0.3 is 5.32 Å². The molecule has 0 radical (unpaired) electrons. The number of halogens is 1. The fourth-order valence-corrected chi connectivity index (χ4v) is 2.28. The maximum absolute atomic E-state index is 6.18. The zero-order valence-corrected chi connectivity index (χ0v) is 11.9. The molecule has 1 aromatic carbocycles. The van der Waals surface area contributed by atoms with Crippen LogP contribution in [0.1, 0.15) is 11.3 Å². The summed E-state index contributed by atoms with van der Waals surface area (Å²) >= 11 is 6.18. The number of aromatic nitrogens is 2. The molecule has 0 bridgehead atoms. The van der Waals surface area contributed by atoms with Crippen LogP contribution in [0.2, 0.25) is 5.02 Å². The van der Waals surface area contributed by atoms with Crippen LogP contribution in [0.3, 0.4) is 0 Å². The minimum Gasteiger partial charge on any atom is -0.378 e. The Labute approximate surface area is 122 Å². The van der Waals surface area contributed by atoms with Gasteiger partial charge in [0, 0.05) is 17.8 Å². The van der Waals surface area contributed by atoms with E-state index in [2.05, 4.69) is 21.4 Å². The summed E-state index contributed by atoms with van der Waals surface area (Å²) in [4.78, 5) is 8.78. The molecule has 0 saturated carbocycles. The van der Waals surface area contributed by atoms with Crippen molar-refractivity contribution in [1.82, 2.24) is 9.97 Å². The predicted octanol–water partition coefficient (Wildman–Crippen LogP) is 4.20. The van der Waals surface area contributed by atoms with Crippen molar-refractivity contribution in [3.8, 4) is 0 Å². The summed E-state index contributed by atoms with van der Waals surface area (Å²) in [7, 11) is 0. The van der Waals surface area contributed by atoms with Gasteiger partial charge in [0.1, 0.15) is 0 Å². The number of hydrogen-bond acceptors (Lipinski definition) is 3. The maximum atomic E-state index is 6.18. The molecule has 4 heteroatoms. The van der Waals surface area contributed by atoms with Crippen molar-refractivity contribution in [2.45, 2.75) is 13.5 Å². The van der Waals surface area contributed by atoms with Crippen molar-refractivity contribution < 1.29 is 0 Å². The number of pyridine rings is 2. The van der Waals surface area contributed by atoms with Crippen LogP contribution in [0.15, 0.2) is 48.8 Å². The average molecular weight is 284 g/mol. The molecule has 0 saturated heterocycles. The SMILES string of the molecule is Cc1ccc(CNc2ccc(Cl)c3cccnc23)nc1. The van der Waals surface area contributed by atoms with Crippen LogP contribution in [-0.2, 0) is 6.54 Å². The van der Waals surface area contributed by atoms with Gasteiger partial charge in [0.05, 0.1) is 28.5 Å². The number of nitrogens with zero attached hydrogens (tertiary/aromatic N) is 2. The van der Waals surface area contributed by atoms with Crippen LogP contribution in [0.4, 0.5) is 5.69 Å². The normalized spacial score (nSPS) is 10.7.